The Morgan fingerprint density at radius 2 is 1.96 bits per heavy atom. The van der Waals surface area contributed by atoms with E-state index in [2.05, 4.69) is 37.7 Å². The van der Waals surface area contributed by atoms with E-state index in [-0.39, 0.29) is 16.0 Å². The number of benzene rings is 1. The lowest BCUT2D eigenvalue weighted by Gasteiger charge is -2.22. The first-order chi connectivity index (χ1) is 11.3. The fourth-order valence-corrected chi connectivity index (χ4v) is 3.78. The summed E-state index contributed by atoms with van der Waals surface area (Å²) in [6.07, 6.45) is 2.97. The second-order valence-electron chi connectivity index (χ2n) is 6.92. The topological polar surface area (TPSA) is 60.4 Å². The van der Waals surface area contributed by atoms with Crippen LogP contribution >= 0.6 is 11.8 Å². The highest BCUT2D eigenvalue weighted by atomic mass is 32.2. The lowest BCUT2D eigenvalue weighted by molar-refractivity contribution is -0.384. The van der Waals surface area contributed by atoms with E-state index in [1.165, 1.54) is 11.3 Å². The van der Waals surface area contributed by atoms with Gasteiger partial charge in [-0.3, -0.25) is 15.1 Å². The molecule has 0 fully saturated rings. The first-order valence-corrected chi connectivity index (χ1v) is 9.10. The van der Waals surface area contributed by atoms with Gasteiger partial charge in [0.05, 0.1) is 9.97 Å². The minimum Gasteiger partial charge on any atom is -0.317 e. The first kappa shape index (κ1) is 16.8. The van der Waals surface area contributed by atoms with Gasteiger partial charge in [-0.05, 0) is 43.2 Å². The largest absolute Gasteiger partial charge is 0.317 e. The molecule has 3 rings (SSSR count). The number of hydrogen-bond acceptors (Lipinski definition) is 4. The molecule has 0 N–H and O–H groups in total. The van der Waals surface area contributed by atoms with Crippen molar-refractivity contribution in [2.24, 2.45) is 10.4 Å². The van der Waals surface area contributed by atoms with Crippen LogP contribution in [0.15, 0.2) is 35.3 Å². The molecular weight excluding hydrogens is 322 g/mol. The Morgan fingerprint density at radius 3 is 2.54 bits per heavy atom. The summed E-state index contributed by atoms with van der Waals surface area (Å²) in [7, 11) is 0. The third kappa shape index (κ3) is 2.98. The molecular formula is C18H21N3O2S. The van der Waals surface area contributed by atoms with Crippen molar-refractivity contribution in [1.82, 2.24) is 4.57 Å². The van der Waals surface area contributed by atoms with Gasteiger partial charge in [0, 0.05) is 41.3 Å². The molecule has 5 nitrogen and oxygen atoms in total. The molecule has 2 aromatic rings. The Kier molecular flexibility index (Phi) is 4.25. The summed E-state index contributed by atoms with van der Waals surface area (Å²) in [6.45, 7) is 7.33. The number of fused-ring (bicyclic) bond motifs is 1. The minimum atomic E-state index is -0.367. The second kappa shape index (κ2) is 6.09. The van der Waals surface area contributed by atoms with Gasteiger partial charge in [-0.15, -0.1) is 11.8 Å². The summed E-state index contributed by atoms with van der Waals surface area (Å²) < 4.78 is 2.21. The number of nitro groups is 1. The average Bonchev–Trinajstić information content (AvgIpc) is 2.77. The summed E-state index contributed by atoms with van der Waals surface area (Å²) in [5.74, 6) is 0. The third-order valence-corrected chi connectivity index (χ3v) is 5.06. The van der Waals surface area contributed by atoms with E-state index in [0.717, 1.165) is 29.4 Å². The van der Waals surface area contributed by atoms with Gasteiger partial charge < -0.3 is 4.57 Å². The van der Waals surface area contributed by atoms with Crippen molar-refractivity contribution in [3.63, 3.8) is 0 Å². The number of aromatic nitrogens is 1. The smallest absolute Gasteiger partial charge is 0.269 e. The Morgan fingerprint density at radius 1 is 1.29 bits per heavy atom. The van der Waals surface area contributed by atoms with Crippen LogP contribution in [0.5, 0.6) is 0 Å². The Bertz CT molecular complexity index is 820. The van der Waals surface area contributed by atoms with Crippen LogP contribution < -0.4 is 0 Å². The van der Waals surface area contributed by atoms with Crippen LogP contribution in [0, 0.1) is 22.5 Å². The van der Waals surface area contributed by atoms with Gasteiger partial charge in [-0.2, -0.15) is 0 Å². The maximum Gasteiger partial charge on any atom is 0.269 e. The lowest BCUT2D eigenvalue weighted by atomic mass is 9.88. The number of aryl methyl sites for hydroxylation is 1. The standard InChI is InChI=1S/C18H21N3O2S/c1-12-9-15-16(10-18(2,3)11-19-17(15)24-4)20(12)13-5-7-14(8-6-13)21(22)23/h5-9H,10-11H2,1-4H3. The number of aliphatic imine (C=N–C) groups is 1. The number of nitrogens with zero attached hydrogens (tertiary/aromatic N) is 3. The van der Waals surface area contributed by atoms with Gasteiger partial charge in [-0.1, -0.05) is 13.8 Å². The zero-order valence-corrected chi connectivity index (χ0v) is 15.2. The van der Waals surface area contributed by atoms with Gasteiger partial charge >= 0.3 is 0 Å². The zero-order chi connectivity index (χ0) is 17.5. The normalized spacial score (nSPS) is 16.2. The molecule has 0 spiro atoms. The average molecular weight is 343 g/mol. The van der Waals surface area contributed by atoms with Crippen molar-refractivity contribution in [3.05, 3.63) is 57.4 Å². The molecule has 1 aromatic carbocycles. The van der Waals surface area contributed by atoms with E-state index >= 15 is 0 Å². The van der Waals surface area contributed by atoms with Gasteiger partial charge in [0.2, 0.25) is 0 Å². The molecule has 0 aliphatic carbocycles. The SMILES string of the molecule is CSC1=NCC(C)(C)Cc2c1cc(C)n2-c1ccc([N+](=O)[O-])cc1. The second-order valence-corrected chi connectivity index (χ2v) is 7.72. The molecule has 1 aromatic heterocycles. The van der Waals surface area contributed by atoms with Crippen LogP contribution in [0.4, 0.5) is 5.69 Å². The molecule has 126 valence electrons. The molecule has 24 heavy (non-hydrogen) atoms. The molecule has 0 saturated carbocycles. The highest BCUT2D eigenvalue weighted by Gasteiger charge is 2.28. The summed E-state index contributed by atoms with van der Waals surface area (Å²) in [5, 5.41) is 12.0. The van der Waals surface area contributed by atoms with E-state index in [0.29, 0.717) is 0 Å². The predicted octanol–water partition coefficient (Wildman–Crippen LogP) is 4.39. The zero-order valence-electron chi connectivity index (χ0n) is 14.4. The van der Waals surface area contributed by atoms with Crippen molar-refractivity contribution < 1.29 is 4.92 Å². The molecule has 0 amide bonds. The van der Waals surface area contributed by atoms with Crippen molar-refractivity contribution in [2.75, 3.05) is 12.8 Å². The number of rotatable bonds is 2. The molecule has 1 aliphatic rings. The van der Waals surface area contributed by atoms with Crippen LogP contribution in [0.3, 0.4) is 0 Å². The van der Waals surface area contributed by atoms with E-state index < -0.39 is 0 Å². The van der Waals surface area contributed by atoms with Crippen LogP contribution in [0.2, 0.25) is 0 Å². The van der Waals surface area contributed by atoms with Gasteiger partial charge in [0.1, 0.15) is 0 Å². The minimum absolute atomic E-state index is 0.0789. The number of hydrogen-bond donors (Lipinski definition) is 0. The molecule has 0 bridgehead atoms. The van der Waals surface area contributed by atoms with Gasteiger partial charge in [0.25, 0.3) is 5.69 Å². The lowest BCUT2D eigenvalue weighted by Crippen LogP contribution is -2.20. The quantitative estimate of drug-likeness (QED) is 0.600. The Labute approximate surface area is 145 Å². The highest BCUT2D eigenvalue weighted by molar-refractivity contribution is 8.13. The molecule has 6 heteroatoms. The fraction of sp³-hybridized carbons (Fsp3) is 0.389. The van der Waals surface area contributed by atoms with E-state index in [9.17, 15) is 10.1 Å². The van der Waals surface area contributed by atoms with Crippen molar-refractivity contribution in [3.8, 4) is 5.69 Å². The summed E-state index contributed by atoms with van der Waals surface area (Å²) >= 11 is 1.67. The Balaban J connectivity index is 2.16. The summed E-state index contributed by atoms with van der Waals surface area (Å²) in [4.78, 5) is 15.3. The van der Waals surface area contributed by atoms with Crippen molar-refractivity contribution >= 4 is 22.5 Å². The van der Waals surface area contributed by atoms with Gasteiger partial charge in [0.15, 0.2) is 0 Å². The maximum atomic E-state index is 10.9. The third-order valence-electron chi connectivity index (χ3n) is 4.33. The number of thioether (sulfide) groups is 1. The van der Waals surface area contributed by atoms with Crippen LogP contribution in [-0.2, 0) is 6.42 Å². The van der Waals surface area contributed by atoms with E-state index in [1.54, 1.807) is 23.9 Å². The fourth-order valence-electron chi connectivity index (χ4n) is 3.19. The monoisotopic (exact) mass is 343 g/mol. The Hall–Kier alpha value is -2.08. The molecule has 0 unspecified atom stereocenters. The first-order valence-electron chi connectivity index (χ1n) is 7.87. The van der Waals surface area contributed by atoms with Crippen molar-refractivity contribution in [1.29, 1.82) is 0 Å². The van der Waals surface area contributed by atoms with Crippen molar-refractivity contribution in [2.45, 2.75) is 27.2 Å². The summed E-state index contributed by atoms with van der Waals surface area (Å²) in [5.41, 5.74) is 4.68. The van der Waals surface area contributed by atoms with Crippen LogP contribution in [-0.4, -0.2) is 27.3 Å². The van der Waals surface area contributed by atoms with Gasteiger partial charge in [-0.25, -0.2) is 0 Å². The van der Waals surface area contributed by atoms with Crippen LogP contribution in [0.1, 0.15) is 30.8 Å². The van der Waals surface area contributed by atoms with E-state index in [1.807, 2.05) is 12.1 Å². The predicted molar refractivity (Wildman–Crippen MR) is 99.6 cm³/mol. The summed E-state index contributed by atoms with van der Waals surface area (Å²) in [6, 6.07) is 8.94. The molecule has 0 atom stereocenters. The number of nitro benzene ring substituents is 1. The van der Waals surface area contributed by atoms with E-state index in [4.69, 9.17) is 4.99 Å². The number of non-ortho nitro benzene ring substituents is 1. The molecule has 0 saturated heterocycles. The molecule has 0 radical (unpaired) electrons. The highest BCUT2D eigenvalue weighted by Crippen LogP contribution is 2.34. The maximum absolute atomic E-state index is 10.9. The molecule has 1 aliphatic heterocycles. The van der Waals surface area contributed by atoms with Crippen LogP contribution in [0.25, 0.3) is 5.69 Å². The molecule has 2 heterocycles.